The van der Waals surface area contributed by atoms with Crippen LogP contribution in [0.15, 0.2) is 70.3 Å². The molecule has 2 unspecified atom stereocenters. The maximum absolute atomic E-state index is 14.7. The van der Waals surface area contributed by atoms with Gasteiger partial charge in [-0.3, -0.25) is 23.7 Å². The van der Waals surface area contributed by atoms with E-state index >= 15 is 0 Å². The molecule has 6 aromatic rings. The molecule has 58 heavy (non-hydrogen) atoms. The van der Waals surface area contributed by atoms with Gasteiger partial charge in [-0.05, 0) is 112 Å². The zero-order valence-electron chi connectivity index (χ0n) is 34.3. The van der Waals surface area contributed by atoms with Crippen molar-refractivity contribution in [1.82, 2.24) is 19.5 Å². The summed E-state index contributed by atoms with van der Waals surface area (Å²) in [6.45, 7) is 7.91. The van der Waals surface area contributed by atoms with E-state index in [9.17, 15) is 19.2 Å². The number of aryl methyl sites for hydroxylation is 7. The molecule has 0 aliphatic heterocycles. The van der Waals surface area contributed by atoms with Gasteiger partial charge in [-0.1, -0.05) is 86.3 Å². The molecule has 9 nitrogen and oxygen atoms in total. The lowest BCUT2D eigenvalue weighted by Crippen LogP contribution is -2.32. The van der Waals surface area contributed by atoms with Gasteiger partial charge in [0.1, 0.15) is 11.3 Å². The summed E-state index contributed by atoms with van der Waals surface area (Å²) in [7, 11) is 1.71. The lowest BCUT2D eigenvalue weighted by molar-refractivity contribution is -0.162. The van der Waals surface area contributed by atoms with Crippen LogP contribution in [-0.4, -0.2) is 31.5 Å². The maximum Gasteiger partial charge on any atom is 0.321 e. The first-order chi connectivity index (χ1) is 28.1. The molecule has 0 radical (unpaired) electrons. The van der Waals surface area contributed by atoms with Crippen LogP contribution in [-0.2, 0) is 47.1 Å². The summed E-state index contributed by atoms with van der Waals surface area (Å²) in [5.74, 6) is -3.70. The lowest BCUT2D eigenvalue weighted by atomic mass is 9.85. The van der Waals surface area contributed by atoms with Crippen molar-refractivity contribution in [2.24, 2.45) is 7.05 Å². The highest BCUT2D eigenvalue weighted by molar-refractivity contribution is 6.01. The van der Waals surface area contributed by atoms with Crippen LogP contribution in [0.25, 0.3) is 44.3 Å². The van der Waals surface area contributed by atoms with Gasteiger partial charge < -0.3 is 9.72 Å². The molecule has 0 saturated carbocycles. The number of rotatable bonds is 10. The first-order valence-electron chi connectivity index (χ1n) is 21.1. The Morgan fingerprint density at radius 3 is 1.72 bits per heavy atom. The number of pyridine rings is 4. The number of carbonyl (C=O) groups is 2. The SMILES string of the molecule is CCCC(C(=O)OC(=O)C(CCC)c1c(-c2ccc(C)cc2)c2cc3c(nc2n(C)c1=O)CCCC3)c1c(-c2ccc(C)cc2)c2cc3c(nc2[nH]c1=O)CCCC3. The Morgan fingerprint density at radius 2 is 1.17 bits per heavy atom. The Kier molecular flexibility index (Phi) is 11.0. The van der Waals surface area contributed by atoms with E-state index in [1.54, 1.807) is 11.6 Å². The Morgan fingerprint density at radius 1 is 0.690 bits per heavy atom. The average Bonchev–Trinajstić information content (AvgIpc) is 3.22. The molecule has 2 aromatic carbocycles. The summed E-state index contributed by atoms with van der Waals surface area (Å²) >= 11 is 0. The number of ether oxygens (including phenoxy) is 1. The molecule has 298 valence electrons. The predicted molar refractivity (Wildman–Crippen MR) is 229 cm³/mol. The normalized spacial score (nSPS) is 14.8. The fraction of sp³-hybridized carbons (Fsp3) is 0.388. The minimum atomic E-state index is -1.05. The minimum Gasteiger partial charge on any atom is -0.392 e. The number of benzene rings is 2. The van der Waals surface area contributed by atoms with Crippen LogP contribution >= 0.6 is 0 Å². The molecule has 9 heteroatoms. The van der Waals surface area contributed by atoms with E-state index < -0.39 is 29.3 Å². The topological polar surface area (TPSA) is 124 Å². The number of nitrogens with zero attached hydrogens (tertiary/aromatic N) is 3. The van der Waals surface area contributed by atoms with Crippen LogP contribution in [0.2, 0.25) is 0 Å². The highest BCUT2D eigenvalue weighted by Gasteiger charge is 2.36. The number of esters is 2. The number of aromatic nitrogens is 4. The average molecular weight is 777 g/mol. The van der Waals surface area contributed by atoms with Crippen molar-refractivity contribution in [2.45, 2.75) is 117 Å². The molecule has 1 N–H and O–H groups in total. The molecule has 4 heterocycles. The van der Waals surface area contributed by atoms with Gasteiger partial charge >= 0.3 is 11.9 Å². The molecule has 8 rings (SSSR count). The molecule has 0 saturated heterocycles. The van der Waals surface area contributed by atoms with Crippen molar-refractivity contribution < 1.29 is 14.3 Å². The molecule has 2 aliphatic carbocycles. The Labute approximate surface area is 338 Å². The first kappa shape index (κ1) is 39.1. The molecule has 0 amide bonds. The zero-order chi connectivity index (χ0) is 40.7. The van der Waals surface area contributed by atoms with Crippen LogP contribution in [0.1, 0.15) is 122 Å². The van der Waals surface area contributed by atoms with Crippen molar-refractivity contribution in [3.63, 3.8) is 0 Å². The first-order valence-corrected chi connectivity index (χ1v) is 21.1. The van der Waals surface area contributed by atoms with E-state index in [2.05, 4.69) is 17.1 Å². The van der Waals surface area contributed by atoms with Crippen LogP contribution in [0.4, 0.5) is 0 Å². The van der Waals surface area contributed by atoms with E-state index in [1.165, 1.54) is 0 Å². The third-order valence-electron chi connectivity index (χ3n) is 12.3. The van der Waals surface area contributed by atoms with Crippen LogP contribution < -0.4 is 11.1 Å². The number of aromatic amines is 1. The molecule has 4 aromatic heterocycles. The van der Waals surface area contributed by atoms with Gasteiger partial charge in [0, 0.05) is 51.5 Å². The van der Waals surface area contributed by atoms with Crippen LogP contribution in [0.5, 0.6) is 0 Å². The molecule has 2 aliphatic rings. The largest absolute Gasteiger partial charge is 0.392 e. The highest BCUT2D eigenvalue weighted by Crippen LogP contribution is 2.40. The van der Waals surface area contributed by atoms with Crippen LogP contribution in [0.3, 0.4) is 0 Å². The second kappa shape index (κ2) is 16.3. The summed E-state index contributed by atoms with van der Waals surface area (Å²) in [4.78, 5) is 71.3. The highest BCUT2D eigenvalue weighted by atomic mass is 16.6. The summed E-state index contributed by atoms with van der Waals surface area (Å²) in [6, 6.07) is 20.1. The van der Waals surface area contributed by atoms with Gasteiger partial charge in [0.15, 0.2) is 0 Å². The summed E-state index contributed by atoms with van der Waals surface area (Å²) in [6.07, 6.45) is 9.40. The van der Waals surface area contributed by atoms with Gasteiger partial charge in [0.25, 0.3) is 11.1 Å². The van der Waals surface area contributed by atoms with Gasteiger partial charge in [0.05, 0.1) is 11.8 Å². The van der Waals surface area contributed by atoms with E-state index in [4.69, 9.17) is 14.7 Å². The van der Waals surface area contributed by atoms with E-state index in [0.29, 0.717) is 40.8 Å². The van der Waals surface area contributed by atoms with Crippen molar-refractivity contribution in [3.8, 4) is 22.3 Å². The second-order valence-corrected chi connectivity index (χ2v) is 16.4. The summed E-state index contributed by atoms with van der Waals surface area (Å²) in [5.41, 5.74) is 10.1. The van der Waals surface area contributed by atoms with Gasteiger partial charge in [0.2, 0.25) is 0 Å². The number of H-pyrrole nitrogens is 1. The molecular formula is C49H52N4O5. The predicted octanol–water partition coefficient (Wildman–Crippen LogP) is 9.42. The monoisotopic (exact) mass is 776 g/mol. The summed E-state index contributed by atoms with van der Waals surface area (Å²) in [5, 5.41) is 1.56. The zero-order valence-corrected chi connectivity index (χ0v) is 34.3. The molecule has 0 spiro atoms. The van der Waals surface area contributed by atoms with Crippen molar-refractivity contribution in [2.75, 3.05) is 0 Å². The molecule has 2 atom stereocenters. The second-order valence-electron chi connectivity index (χ2n) is 16.4. The summed E-state index contributed by atoms with van der Waals surface area (Å²) < 4.78 is 7.50. The Hall–Kier alpha value is -5.70. The van der Waals surface area contributed by atoms with Gasteiger partial charge in [-0.25, -0.2) is 9.97 Å². The molecule has 0 bridgehead atoms. The molecular weight excluding hydrogens is 725 g/mol. The standard InChI is InChI=1S/C49H52N4O5/c1-6-12-34(42-40(30-22-18-28(3)19-23-30)36-26-32-14-8-10-16-38(32)50-44(36)52-46(42)54)48(56)58-49(57)35(13-7-2)43-41(31-24-20-29(4)21-25-31)37-27-33-15-9-11-17-39(33)51-45(37)53(5)47(43)55/h18-27,34-35H,6-17H2,1-5H3,(H,50,52,54). The minimum absolute atomic E-state index is 0.262. The fourth-order valence-electron chi connectivity index (χ4n) is 9.24. The van der Waals surface area contributed by atoms with E-state index in [-0.39, 0.29) is 24.0 Å². The van der Waals surface area contributed by atoms with Crippen LogP contribution in [0, 0.1) is 13.8 Å². The van der Waals surface area contributed by atoms with Gasteiger partial charge in [-0.15, -0.1) is 0 Å². The fourth-order valence-corrected chi connectivity index (χ4v) is 9.24. The third kappa shape index (κ3) is 7.20. The number of hydrogen-bond donors (Lipinski definition) is 1. The maximum atomic E-state index is 14.7. The number of fused-ring (bicyclic) bond motifs is 4. The van der Waals surface area contributed by atoms with Crippen molar-refractivity contribution >= 4 is 34.0 Å². The van der Waals surface area contributed by atoms with Gasteiger partial charge in [-0.2, -0.15) is 0 Å². The Balaban J connectivity index is 1.26. The van der Waals surface area contributed by atoms with Crippen molar-refractivity contribution in [1.29, 1.82) is 0 Å². The van der Waals surface area contributed by atoms with E-state index in [1.807, 2.05) is 76.2 Å². The number of carbonyl (C=O) groups excluding carboxylic acids is 2. The smallest absolute Gasteiger partial charge is 0.321 e. The number of hydrogen-bond acceptors (Lipinski definition) is 7. The molecule has 0 fully saturated rings. The quantitative estimate of drug-likeness (QED) is 0.109. The number of nitrogens with one attached hydrogen (secondary N) is 1. The lowest BCUT2D eigenvalue weighted by Gasteiger charge is -2.24. The third-order valence-corrected chi connectivity index (χ3v) is 12.3. The Bertz CT molecular complexity index is 2690. The van der Waals surface area contributed by atoms with E-state index in [0.717, 1.165) is 107 Å². The van der Waals surface area contributed by atoms with Crippen molar-refractivity contribution in [3.05, 3.63) is 126 Å².